The van der Waals surface area contributed by atoms with E-state index in [1.54, 1.807) is 0 Å². The fraction of sp³-hybridized carbons (Fsp3) is 1.00. The van der Waals surface area contributed by atoms with Crippen LogP contribution >= 0.6 is 0 Å². The van der Waals surface area contributed by atoms with Crippen molar-refractivity contribution in [3.05, 3.63) is 0 Å². The van der Waals surface area contributed by atoms with E-state index in [1.165, 1.54) is 0 Å². The molecule has 0 radical (unpaired) electrons. The summed E-state index contributed by atoms with van der Waals surface area (Å²) in [6, 6.07) is 0.564. The highest BCUT2D eigenvalue weighted by Crippen LogP contribution is 2.32. The van der Waals surface area contributed by atoms with Gasteiger partial charge in [-0.25, -0.2) is 0 Å². The lowest BCUT2D eigenvalue weighted by atomic mass is 9.82. The summed E-state index contributed by atoms with van der Waals surface area (Å²) < 4.78 is 5.73. The first-order valence-corrected chi connectivity index (χ1v) is 7.98. The molecule has 1 fully saturated rings. The highest BCUT2D eigenvalue weighted by Gasteiger charge is 2.38. The van der Waals surface area contributed by atoms with Crippen LogP contribution in [0.15, 0.2) is 0 Å². The molecule has 20 heavy (non-hydrogen) atoms. The largest absolute Gasteiger partial charge is 0.381 e. The standard InChI is InChI=1S/C17H36N2O/c1-14(15(2,3)4)19(8)12-17(9-10-20-13-17)11-18-16(5,6)7/h14,18H,9-13H2,1-8H3. The number of ether oxygens (including phenoxy) is 1. The molecule has 1 heterocycles. The maximum absolute atomic E-state index is 5.73. The van der Waals surface area contributed by atoms with Gasteiger partial charge in [-0.1, -0.05) is 20.8 Å². The predicted molar refractivity (Wildman–Crippen MR) is 87.2 cm³/mol. The van der Waals surface area contributed by atoms with Crippen LogP contribution in [0, 0.1) is 10.8 Å². The average Bonchev–Trinajstić information content (AvgIpc) is 2.72. The van der Waals surface area contributed by atoms with Gasteiger partial charge in [-0.3, -0.25) is 0 Å². The Labute approximate surface area is 126 Å². The van der Waals surface area contributed by atoms with Crippen LogP contribution in [0.25, 0.3) is 0 Å². The summed E-state index contributed by atoms with van der Waals surface area (Å²) in [5, 5.41) is 3.68. The van der Waals surface area contributed by atoms with Crippen LogP contribution in [0.2, 0.25) is 0 Å². The molecule has 1 aliphatic heterocycles. The Bertz CT molecular complexity index is 295. The van der Waals surface area contributed by atoms with Crippen molar-refractivity contribution in [1.82, 2.24) is 10.2 Å². The van der Waals surface area contributed by atoms with E-state index < -0.39 is 0 Å². The van der Waals surface area contributed by atoms with Crippen LogP contribution in [-0.2, 0) is 4.74 Å². The molecule has 0 aromatic heterocycles. The number of nitrogens with zero attached hydrogens (tertiary/aromatic N) is 1. The van der Waals surface area contributed by atoms with Gasteiger partial charge < -0.3 is 15.0 Å². The summed E-state index contributed by atoms with van der Waals surface area (Å²) in [4.78, 5) is 2.51. The van der Waals surface area contributed by atoms with Crippen molar-refractivity contribution in [1.29, 1.82) is 0 Å². The van der Waals surface area contributed by atoms with E-state index in [4.69, 9.17) is 4.74 Å². The van der Waals surface area contributed by atoms with Crippen molar-refractivity contribution < 1.29 is 4.74 Å². The molecular weight excluding hydrogens is 248 g/mol. The molecule has 1 rings (SSSR count). The van der Waals surface area contributed by atoms with Crippen molar-refractivity contribution in [3.63, 3.8) is 0 Å². The number of nitrogens with one attached hydrogen (secondary N) is 1. The van der Waals surface area contributed by atoms with Crippen molar-refractivity contribution in [2.45, 2.75) is 66.5 Å². The summed E-state index contributed by atoms with van der Waals surface area (Å²) in [5.74, 6) is 0. The smallest absolute Gasteiger partial charge is 0.0547 e. The lowest BCUT2D eigenvalue weighted by Crippen LogP contribution is -2.51. The second kappa shape index (κ2) is 6.33. The minimum absolute atomic E-state index is 0.170. The Hall–Kier alpha value is -0.120. The molecule has 0 amide bonds. The van der Waals surface area contributed by atoms with E-state index in [1.807, 2.05) is 0 Å². The zero-order chi connectivity index (χ0) is 15.6. The first-order valence-electron chi connectivity index (χ1n) is 7.98. The second-order valence-corrected chi connectivity index (χ2v) is 8.86. The Morgan fingerprint density at radius 3 is 2.20 bits per heavy atom. The van der Waals surface area contributed by atoms with E-state index in [0.29, 0.717) is 11.5 Å². The van der Waals surface area contributed by atoms with Crippen molar-refractivity contribution in [3.8, 4) is 0 Å². The van der Waals surface area contributed by atoms with E-state index in [9.17, 15) is 0 Å². The molecule has 120 valence electrons. The van der Waals surface area contributed by atoms with Gasteiger partial charge in [-0.05, 0) is 46.6 Å². The highest BCUT2D eigenvalue weighted by molar-refractivity contribution is 4.92. The first-order chi connectivity index (χ1) is 8.95. The minimum atomic E-state index is 0.170. The molecule has 0 bridgehead atoms. The van der Waals surface area contributed by atoms with Gasteiger partial charge in [0.2, 0.25) is 0 Å². The summed E-state index contributed by atoms with van der Waals surface area (Å²) in [6.07, 6.45) is 1.16. The van der Waals surface area contributed by atoms with Crippen molar-refractivity contribution in [2.75, 3.05) is 33.4 Å². The normalized spacial score (nSPS) is 26.2. The molecule has 0 saturated carbocycles. The number of rotatable bonds is 5. The van der Waals surface area contributed by atoms with Crippen molar-refractivity contribution >= 4 is 0 Å². The summed E-state index contributed by atoms with van der Waals surface area (Å²) >= 11 is 0. The quantitative estimate of drug-likeness (QED) is 0.839. The van der Waals surface area contributed by atoms with Crippen LogP contribution in [0.4, 0.5) is 0 Å². The monoisotopic (exact) mass is 284 g/mol. The van der Waals surface area contributed by atoms with Gasteiger partial charge >= 0.3 is 0 Å². The first kappa shape index (κ1) is 17.9. The van der Waals surface area contributed by atoms with Gasteiger partial charge in [0.05, 0.1) is 6.61 Å². The molecule has 2 atom stereocenters. The second-order valence-electron chi connectivity index (χ2n) is 8.86. The highest BCUT2D eigenvalue weighted by atomic mass is 16.5. The molecule has 1 N–H and O–H groups in total. The minimum Gasteiger partial charge on any atom is -0.381 e. The van der Waals surface area contributed by atoms with Crippen molar-refractivity contribution in [2.24, 2.45) is 10.8 Å². The van der Waals surface area contributed by atoms with Gasteiger partial charge in [0.15, 0.2) is 0 Å². The molecular formula is C17H36N2O. The zero-order valence-corrected chi connectivity index (χ0v) is 15.0. The third kappa shape index (κ3) is 5.34. The van der Waals surface area contributed by atoms with E-state index in [2.05, 4.69) is 65.7 Å². The topological polar surface area (TPSA) is 24.5 Å². The maximum atomic E-state index is 5.73. The Balaban J connectivity index is 2.67. The molecule has 0 aromatic rings. The maximum Gasteiger partial charge on any atom is 0.0547 e. The molecule has 0 spiro atoms. The fourth-order valence-corrected chi connectivity index (χ4v) is 2.75. The number of hydrogen-bond acceptors (Lipinski definition) is 3. The van der Waals surface area contributed by atoms with Crippen LogP contribution in [0.3, 0.4) is 0 Å². The van der Waals surface area contributed by atoms with Crippen LogP contribution in [0.5, 0.6) is 0 Å². The predicted octanol–water partition coefficient (Wildman–Crippen LogP) is 3.15. The van der Waals surface area contributed by atoms with Crippen LogP contribution in [0.1, 0.15) is 54.9 Å². The molecule has 2 unspecified atom stereocenters. The Morgan fingerprint density at radius 2 is 1.80 bits per heavy atom. The van der Waals surface area contributed by atoms with Gasteiger partial charge in [0.1, 0.15) is 0 Å². The van der Waals surface area contributed by atoms with Gasteiger partial charge in [0.25, 0.3) is 0 Å². The van der Waals surface area contributed by atoms with Crippen LogP contribution in [-0.4, -0.2) is 49.8 Å². The summed E-state index contributed by atoms with van der Waals surface area (Å²) in [7, 11) is 2.26. The third-order valence-electron chi connectivity index (χ3n) is 4.68. The van der Waals surface area contributed by atoms with Gasteiger partial charge in [-0.15, -0.1) is 0 Å². The van der Waals surface area contributed by atoms with E-state index >= 15 is 0 Å². The average molecular weight is 284 g/mol. The SMILES string of the molecule is CC(N(C)CC1(CNC(C)(C)C)CCOC1)C(C)(C)C. The van der Waals surface area contributed by atoms with E-state index in [0.717, 1.165) is 32.7 Å². The van der Waals surface area contributed by atoms with Gasteiger partial charge in [0, 0.05) is 36.7 Å². The van der Waals surface area contributed by atoms with Crippen LogP contribution < -0.4 is 5.32 Å². The molecule has 0 aromatic carbocycles. The Morgan fingerprint density at radius 1 is 1.20 bits per heavy atom. The van der Waals surface area contributed by atoms with E-state index in [-0.39, 0.29) is 11.0 Å². The summed E-state index contributed by atoms with van der Waals surface area (Å²) in [6.45, 7) is 19.9. The molecule has 3 heteroatoms. The number of hydrogen-bond donors (Lipinski definition) is 1. The lowest BCUT2D eigenvalue weighted by molar-refractivity contribution is 0.0665. The summed E-state index contributed by atoms with van der Waals surface area (Å²) in [5.41, 5.74) is 0.748. The lowest BCUT2D eigenvalue weighted by Gasteiger charge is -2.41. The zero-order valence-electron chi connectivity index (χ0n) is 15.0. The molecule has 1 aliphatic rings. The van der Waals surface area contributed by atoms with Gasteiger partial charge in [-0.2, -0.15) is 0 Å². The third-order valence-corrected chi connectivity index (χ3v) is 4.68. The molecule has 0 aliphatic carbocycles. The fourth-order valence-electron chi connectivity index (χ4n) is 2.75. The Kier molecular flexibility index (Phi) is 5.67. The molecule has 1 saturated heterocycles. The molecule has 3 nitrogen and oxygen atoms in total.